The van der Waals surface area contributed by atoms with Crippen LogP contribution in [0.4, 0.5) is 5.88 Å². The number of aromatic nitrogens is 1. The first-order valence-electron chi connectivity index (χ1n) is 7.36. The molecule has 0 aliphatic carbocycles. The third-order valence-corrected chi connectivity index (χ3v) is 3.75. The van der Waals surface area contributed by atoms with E-state index in [-0.39, 0.29) is 0 Å². The monoisotopic (exact) mass is 314 g/mol. The maximum atomic E-state index is 9.33. The molecule has 0 saturated carbocycles. The van der Waals surface area contributed by atoms with Crippen LogP contribution in [0.3, 0.4) is 0 Å². The van der Waals surface area contributed by atoms with Gasteiger partial charge in [-0.15, -0.1) is 0 Å². The molecule has 23 heavy (non-hydrogen) atoms. The number of hydrogen-bond donors (Lipinski definition) is 1. The molecule has 0 radical (unpaired) electrons. The summed E-state index contributed by atoms with van der Waals surface area (Å²) < 4.78 is 16.4. The van der Waals surface area contributed by atoms with Crippen LogP contribution in [0.1, 0.15) is 5.69 Å². The number of ether oxygens (including phenoxy) is 2. The quantitative estimate of drug-likeness (QED) is 0.918. The van der Waals surface area contributed by atoms with Crippen LogP contribution in [0, 0.1) is 11.3 Å². The highest BCUT2D eigenvalue weighted by Crippen LogP contribution is 2.34. The van der Waals surface area contributed by atoms with E-state index in [1.807, 2.05) is 11.0 Å². The molecule has 1 aromatic heterocycles. The summed E-state index contributed by atoms with van der Waals surface area (Å²) in [5, 5.41) is 12.6. The minimum atomic E-state index is 0.302. The second kappa shape index (κ2) is 6.58. The second-order valence-corrected chi connectivity index (χ2v) is 5.09. The summed E-state index contributed by atoms with van der Waals surface area (Å²) in [5.74, 6) is 2.14. The van der Waals surface area contributed by atoms with Crippen molar-refractivity contribution in [2.24, 2.45) is 0 Å². The first-order chi connectivity index (χ1) is 11.3. The molecule has 0 unspecified atom stereocenters. The maximum absolute atomic E-state index is 9.33. The molecule has 7 heteroatoms. The summed E-state index contributed by atoms with van der Waals surface area (Å²) >= 11 is 0. The number of hydrogen-bond acceptors (Lipinski definition) is 7. The van der Waals surface area contributed by atoms with Crippen molar-refractivity contribution in [3.05, 3.63) is 23.9 Å². The van der Waals surface area contributed by atoms with Crippen molar-refractivity contribution < 1.29 is 13.9 Å². The molecule has 0 amide bonds. The molecule has 1 aliphatic heterocycles. The molecule has 3 rings (SSSR count). The van der Waals surface area contributed by atoms with Crippen LogP contribution in [0.5, 0.6) is 11.5 Å². The minimum Gasteiger partial charge on any atom is -0.493 e. The van der Waals surface area contributed by atoms with E-state index in [1.54, 1.807) is 26.4 Å². The van der Waals surface area contributed by atoms with Crippen LogP contribution in [0.2, 0.25) is 0 Å². The number of nitrogens with zero attached hydrogens (tertiary/aromatic N) is 3. The van der Waals surface area contributed by atoms with Gasteiger partial charge in [-0.2, -0.15) is 10.2 Å². The molecule has 1 N–H and O–H groups in total. The van der Waals surface area contributed by atoms with Gasteiger partial charge in [-0.3, -0.25) is 0 Å². The van der Waals surface area contributed by atoms with E-state index in [9.17, 15) is 5.26 Å². The number of nitriles is 1. The predicted octanol–water partition coefficient (Wildman–Crippen LogP) is 1.64. The highest BCUT2D eigenvalue weighted by molar-refractivity contribution is 5.63. The van der Waals surface area contributed by atoms with Crippen molar-refractivity contribution in [3.63, 3.8) is 0 Å². The van der Waals surface area contributed by atoms with Crippen LogP contribution in [0.15, 0.2) is 22.6 Å². The number of piperazine rings is 1. The summed E-state index contributed by atoms with van der Waals surface area (Å²) in [4.78, 5) is 6.35. The van der Waals surface area contributed by atoms with Crippen molar-refractivity contribution in [2.75, 3.05) is 45.3 Å². The fourth-order valence-electron chi connectivity index (χ4n) is 2.56. The number of nitrogens with one attached hydrogen (secondary N) is 1. The van der Waals surface area contributed by atoms with Gasteiger partial charge >= 0.3 is 0 Å². The van der Waals surface area contributed by atoms with Crippen LogP contribution in [0.25, 0.3) is 11.5 Å². The number of methoxy groups -OCH3 is 2. The molecule has 2 aromatic rings. The van der Waals surface area contributed by atoms with E-state index < -0.39 is 0 Å². The van der Waals surface area contributed by atoms with E-state index >= 15 is 0 Å². The number of oxazole rings is 1. The smallest absolute Gasteiger partial charge is 0.235 e. The topological polar surface area (TPSA) is 83.5 Å². The molecule has 1 aromatic carbocycles. The highest BCUT2D eigenvalue weighted by atomic mass is 16.5. The third kappa shape index (κ3) is 2.94. The fourth-order valence-corrected chi connectivity index (χ4v) is 2.56. The summed E-state index contributed by atoms with van der Waals surface area (Å²) in [6.07, 6.45) is 0. The van der Waals surface area contributed by atoms with Gasteiger partial charge in [0, 0.05) is 31.7 Å². The standard InChI is InChI=1S/C16H18N4O3/c1-21-13-4-3-11(9-14(13)22-2)15-19-12(10-17)16(23-15)20-7-5-18-6-8-20/h3-4,9,18H,5-8H2,1-2H3. The van der Waals surface area contributed by atoms with Crippen molar-refractivity contribution in [2.45, 2.75) is 0 Å². The van der Waals surface area contributed by atoms with Gasteiger partial charge in [0.05, 0.1) is 14.2 Å². The van der Waals surface area contributed by atoms with E-state index in [0.29, 0.717) is 29.0 Å². The predicted molar refractivity (Wildman–Crippen MR) is 84.8 cm³/mol. The van der Waals surface area contributed by atoms with Gasteiger partial charge in [0.25, 0.3) is 0 Å². The Morgan fingerprint density at radius 2 is 1.96 bits per heavy atom. The van der Waals surface area contributed by atoms with Crippen molar-refractivity contribution in [1.29, 1.82) is 5.26 Å². The molecule has 7 nitrogen and oxygen atoms in total. The van der Waals surface area contributed by atoms with Gasteiger partial charge < -0.3 is 24.1 Å². The van der Waals surface area contributed by atoms with Crippen LogP contribution < -0.4 is 19.7 Å². The first-order valence-corrected chi connectivity index (χ1v) is 7.36. The first kappa shape index (κ1) is 15.2. The molecule has 2 heterocycles. The van der Waals surface area contributed by atoms with Crippen LogP contribution >= 0.6 is 0 Å². The van der Waals surface area contributed by atoms with Gasteiger partial charge in [0.1, 0.15) is 6.07 Å². The number of benzene rings is 1. The summed E-state index contributed by atoms with van der Waals surface area (Å²) in [6, 6.07) is 7.51. The molecule has 0 bridgehead atoms. The molecule has 0 atom stereocenters. The largest absolute Gasteiger partial charge is 0.493 e. The van der Waals surface area contributed by atoms with Gasteiger partial charge in [-0.1, -0.05) is 0 Å². The van der Waals surface area contributed by atoms with E-state index in [0.717, 1.165) is 31.7 Å². The zero-order chi connectivity index (χ0) is 16.2. The summed E-state index contributed by atoms with van der Waals surface area (Å²) in [6.45, 7) is 3.29. The van der Waals surface area contributed by atoms with Crippen LogP contribution in [-0.4, -0.2) is 45.4 Å². The Balaban J connectivity index is 1.97. The summed E-state index contributed by atoms with van der Waals surface area (Å²) in [7, 11) is 3.16. The maximum Gasteiger partial charge on any atom is 0.235 e. The molecule has 0 spiro atoms. The van der Waals surface area contributed by atoms with Gasteiger partial charge in [0.2, 0.25) is 17.5 Å². The Kier molecular flexibility index (Phi) is 4.35. The minimum absolute atomic E-state index is 0.302. The Labute approximate surface area is 134 Å². The Morgan fingerprint density at radius 3 is 2.61 bits per heavy atom. The molecular formula is C16H18N4O3. The highest BCUT2D eigenvalue weighted by Gasteiger charge is 2.22. The third-order valence-electron chi connectivity index (χ3n) is 3.75. The van der Waals surface area contributed by atoms with Gasteiger partial charge in [-0.05, 0) is 18.2 Å². The lowest BCUT2D eigenvalue weighted by atomic mass is 10.2. The number of rotatable bonds is 4. The number of anilines is 1. The van der Waals surface area contributed by atoms with Gasteiger partial charge in [0.15, 0.2) is 11.5 Å². The van der Waals surface area contributed by atoms with Gasteiger partial charge in [-0.25, -0.2) is 0 Å². The van der Waals surface area contributed by atoms with Crippen molar-refractivity contribution in [3.8, 4) is 29.0 Å². The zero-order valence-corrected chi connectivity index (χ0v) is 13.1. The molecule has 1 aliphatic rings. The van der Waals surface area contributed by atoms with Crippen molar-refractivity contribution >= 4 is 5.88 Å². The molecule has 120 valence electrons. The lowest BCUT2D eigenvalue weighted by molar-refractivity contribution is 0.355. The average molecular weight is 314 g/mol. The Morgan fingerprint density at radius 1 is 1.22 bits per heavy atom. The summed E-state index contributed by atoms with van der Waals surface area (Å²) in [5.41, 5.74) is 1.04. The van der Waals surface area contributed by atoms with E-state index in [4.69, 9.17) is 13.9 Å². The second-order valence-electron chi connectivity index (χ2n) is 5.09. The van der Waals surface area contributed by atoms with E-state index in [1.165, 1.54) is 0 Å². The average Bonchev–Trinajstić information content (AvgIpc) is 3.06. The molecule has 1 fully saturated rings. The zero-order valence-electron chi connectivity index (χ0n) is 13.1. The van der Waals surface area contributed by atoms with E-state index in [2.05, 4.69) is 16.4 Å². The lowest BCUT2D eigenvalue weighted by Gasteiger charge is -2.26. The van der Waals surface area contributed by atoms with Crippen LogP contribution in [-0.2, 0) is 0 Å². The SMILES string of the molecule is COc1ccc(-c2nc(C#N)c(N3CCNCC3)o2)cc1OC. The Hall–Kier alpha value is -2.72. The molecular weight excluding hydrogens is 296 g/mol. The Bertz CT molecular complexity index is 729. The lowest BCUT2D eigenvalue weighted by Crippen LogP contribution is -2.43. The fraction of sp³-hybridized carbons (Fsp3) is 0.375. The molecule has 1 saturated heterocycles. The van der Waals surface area contributed by atoms with Crippen molar-refractivity contribution in [1.82, 2.24) is 10.3 Å². The normalized spacial score (nSPS) is 14.4.